The van der Waals surface area contributed by atoms with Gasteiger partial charge in [0.1, 0.15) is 0 Å². The average molecular weight is 373 g/mol. The number of rotatable bonds is 2. The van der Waals surface area contributed by atoms with Crippen LogP contribution in [-0.4, -0.2) is 22.8 Å². The van der Waals surface area contributed by atoms with Gasteiger partial charge in [0, 0.05) is 27.4 Å². The molecule has 0 radical (unpaired) electrons. The Morgan fingerprint density at radius 2 is 2.10 bits per heavy atom. The lowest BCUT2D eigenvalue weighted by Crippen LogP contribution is -2.45. The van der Waals surface area contributed by atoms with E-state index in [0.29, 0.717) is 24.3 Å². The van der Waals surface area contributed by atoms with Gasteiger partial charge in [0.2, 0.25) is 11.8 Å². The van der Waals surface area contributed by atoms with Crippen LogP contribution in [-0.2, 0) is 16.0 Å². The fraction of sp³-hybridized carbons (Fsp3) is 0.500. The molecule has 1 fully saturated rings. The van der Waals surface area contributed by atoms with Crippen LogP contribution in [0.1, 0.15) is 39.2 Å². The minimum absolute atomic E-state index is 0.0758. The second-order valence-electron chi connectivity index (χ2n) is 6.45. The molecule has 0 saturated carbocycles. The molecule has 3 nitrogen and oxygen atoms in total. The van der Waals surface area contributed by atoms with Crippen LogP contribution in [0.3, 0.4) is 0 Å². The number of amides is 2. The van der Waals surface area contributed by atoms with E-state index in [0.717, 1.165) is 10.0 Å². The van der Waals surface area contributed by atoms with Gasteiger partial charge in [-0.15, -0.1) is 0 Å². The quantitative estimate of drug-likeness (QED) is 0.780. The Kier molecular flexibility index (Phi) is 4.79. The third-order valence-electron chi connectivity index (χ3n) is 3.66. The second-order valence-corrected chi connectivity index (χ2v) is 7.77. The van der Waals surface area contributed by atoms with Gasteiger partial charge in [-0.05, 0) is 30.5 Å². The van der Waals surface area contributed by atoms with Gasteiger partial charge < -0.3 is 0 Å². The lowest BCUT2D eigenvalue weighted by molar-refractivity contribution is -0.149. The summed E-state index contributed by atoms with van der Waals surface area (Å²) >= 11 is 9.62. The van der Waals surface area contributed by atoms with Crippen LogP contribution in [0, 0.1) is 5.41 Å². The average Bonchev–Trinajstić information content (AvgIpc) is 2.72. The summed E-state index contributed by atoms with van der Waals surface area (Å²) in [5.74, 6) is -0.184. The first-order valence-corrected chi connectivity index (χ1v) is 8.17. The maximum absolute atomic E-state index is 12.5. The van der Waals surface area contributed by atoms with E-state index in [-0.39, 0.29) is 17.9 Å². The van der Waals surface area contributed by atoms with Gasteiger partial charge in [-0.25, -0.2) is 0 Å². The van der Waals surface area contributed by atoms with Crippen molar-refractivity contribution in [1.29, 1.82) is 0 Å². The summed E-state index contributed by atoms with van der Waals surface area (Å²) in [4.78, 5) is 26.0. The Morgan fingerprint density at radius 1 is 1.43 bits per heavy atom. The number of carbonyl (C=O) groups excluding carboxylic acids is 2. The van der Waals surface area contributed by atoms with E-state index in [1.165, 1.54) is 4.90 Å². The van der Waals surface area contributed by atoms with Crippen molar-refractivity contribution in [3.05, 3.63) is 33.3 Å². The molecule has 1 aromatic rings. The third kappa shape index (κ3) is 3.67. The number of halogens is 2. The summed E-state index contributed by atoms with van der Waals surface area (Å²) in [6, 6.07) is 5.61. The van der Waals surface area contributed by atoms with Crippen LogP contribution in [0.2, 0.25) is 5.02 Å². The van der Waals surface area contributed by atoms with E-state index in [2.05, 4.69) is 15.9 Å². The predicted molar refractivity (Wildman–Crippen MR) is 87.2 cm³/mol. The van der Waals surface area contributed by atoms with Crippen molar-refractivity contribution in [2.24, 2.45) is 5.41 Å². The number of nitrogens with zero attached hydrogens (tertiary/aromatic N) is 1. The van der Waals surface area contributed by atoms with E-state index >= 15 is 0 Å². The van der Waals surface area contributed by atoms with Crippen molar-refractivity contribution in [3.8, 4) is 0 Å². The topological polar surface area (TPSA) is 37.4 Å². The third-order valence-corrected chi connectivity index (χ3v) is 4.50. The lowest BCUT2D eigenvalue weighted by atomic mass is 9.93. The van der Waals surface area contributed by atoms with Crippen molar-refractivity contribution >= 4 is 39.3 Å². The predicted octanol–water partition coefficient (Wildman–Crippen LogP) is 4.21. The van der Waals surface area contributed by atoms with Crippen LogP contribution in [0.15, 0.2) is 22.7 Å². The summed E-state index contributed by atoms with van der Waals surface area (Å²) in [6.07, 6.45) is 1.74. The lowest BCUT2D eigenvalue weighted by Gasteiger charge is -2.29. The maximum atomic E-state index is 12.5. The fourth-order valence-electron chi connectivity index (χ4n) is 2.52. The molecule has 1 aliphatic heterocycles. The standard InChI is InChI=1S/C16H19BrClNO2/c1-16(2,3)15(21)19-12(6-7-14(19)20)8-10-4-5-11(17)9-13(10)18/h4-5,9,12H,6-8H2,1-3H3. The van der Waals surface area contributed by atoms with Gasteiger partial charge in [-0.2, -0.15) is 0 Å². The Bertz CT molecular complexity index is 580. The summed E-state index contributed by atoms with van der Waals surface area (Å²) in [6.45, 7) is 5.51. The van der Waals surface area contributed by atoms with Gasteiger partial charge >= 0.3 is 0 Å². The number of imide groups is 1. The molecular formula is C16H19BrClNO2. The molecule has 0 N–H and O–H groups in total. The first kappa shape index (κ1) is 16.5. The van der Waals surface area contributed by atoms with Crippen molar-refractivity contribution < 1.29 is 9.59 Å². The molecule has 2 amide bonds. The van der Waals surface area contributed by atoms with E-state index in [9.17, 15) is 9.59 Å². The Labute approximate surface area is 138 Å². The van der Waals surface area contributed by atoms with Crippen molar-refractivity contribution in [2.75, 3.05) is 0 Å². The molecule has 1 aliphatic rings. The molecule has 1 heterocycles. The first-order valence-electron chi connectivity index (χ1n) is 7.00. The number of benzene rings is 1. The minimum Gasteiger partial charge on any atom is -0.279 e. The molecule has 1 aromatic carbocycles. The largest absolute Gasteiger partial charge is 0.279 e. The molecule has 0 bridgehead atoms. The Hall–Kier alpha value is -0.870. The van der Waals surface area contributed by atoms with Crippen LogP contribution >= 0.6 is 27.5 Å². The maximum Gasteiger partial charge on any atom is 0.234 e. The first-order chi connectivity index (χ1) is 9.70. The molecule has 0 spiro atoms. The Balaban J connectivity index is 2.22. The highest BCUT2D eigenvalue weighted by atomic mass is 79.9. The van der Waals surface area contributed by atoms with Crippen LogP contribution < -0.4 is 0 Å². The highest BCUT2D eigenvalue weighted by Gasteiger charge is 2.40. The van der Waals surface area contributed by atoms with Gasteiger partial charge in [0.15, 0.2) is 0 Å². The Morgan fingerprint density at radius 3 is 2.67 bits per heavy atom. The van der Waals surface area contributed by atoms with E-state index < -0.39 is 5.41 Å². The smallest absolute Gasteiger partial charge is 0.234 e. The van der Waals surface area contributed by atoms with E-state index in [4.69, 9.17) is 11.6 Å². The zero-order valence-corrected chi connectivity index (χ0v) is 14.8. The fourth-order valence-corrected chi connectivity index (χ4v) is 3.27. The summed E-state index contributed by atoms with van der Waals surface area (Å²) in [7, 11) is 0. The molecule has 1 atom stereocenters. The van der Waals surface area contributed by atoms with Crippen molar-refractivity contribution in [2.45, 2.75) is 46.1 Å². The van der Waals surface area contributed by atoms with Gasteiger partial charge in [-0.3, -0.25) is 14.5 Å². The summed E-state index contributed by atoms with van der Waals surface area (Å²) in [5.41, 5.74) is 0.410. The molecule has 114 valence electrons. The number of carbonyl (C=O) groups is 2. The van der Waals surface area contributed by atoms with E-state index in [1.807, 2.05) is 39.0 Å². The van der Waals surface area contributed by atoms with Crippen LogP contribution in [0.25, 0.3) is 0 Å². The zero-order chi connectivity index (χ0) is 15.8. The number of likely N-dealkylation sites (tertiary alicyclic amines) is 1. The molecular weight excluding hydrogens is 354 g/mol. The SMILES string of the molecule is CC(C)(C)C(=O)N1C(=O)CCC1Cc1ccc(Br)cc1Cl. The van der Waals surface area contributed by atoms with Crippen molar-refractivity contribution in [3.63, 3.8) is 0 Å². The minimum atomic E-state index is -0.554. The monoisotopic (exact) mass is 371 g/mol. The molecule has 2 rings (SSSR count). The molecule has 21 heavy (non-hydrogen) atoms. The number of hydrogen-bond acceptors (Lipinski definition) is 2. The van der Waals surface area contributed by atoms with Crippen LogP contribution in [0.4, 0.5) is 0 Å². The normalized spacial score (nSPS) is 19.2. The van der Waals surface area contributed by atoms with Gasteiger partial charge in [-0.1, -0.05) is 54.4 Å². The van der Waals surface area contributed by atoms with E-state index in [1.54, 1.807) is 0 Å². The summed E-state index contributed by atoms with van der Waals surface area (Å²) in [5, 5.41) is 0.659. The van der Waals surface area contributed by atoms with Gasteiger partial charge in [0.25, 0.3) is 0 Å². The summed E-state index contributed by atoms with van der Waals surface area (Å²) < 4.78 is 0.918. The molecule has 0 aliphatic carbocycles. The van der Waals surface area contributed by atoms with Crippen molar-refractivity contribution in [1.82, 2.24) is 4.90 Å². The molecule has 1 unspecified atom stereocenters. The van der Waals surface area contributed by atoms with Crippen LogP contribution in [0.5, 0.6) is 0 Å². The van der Waals surface area contributed by atoms with Gasteiger partial charge in [0.05, 0.1) is 0 Å². The highest BCUT2D eigenvalue weighted by molar-refractivity contribution is 9.10. The second kappa shape index (κ2) is 6.09. The number of hydrogen-bond donors (Lipinski definition) is 0. The molecule has 5 heteroatoms. The molecule has 1 saturated heterocycles. The zero-order valence-electron chi connectivity index (χ0n) is 12.5. The highest BCUT2D eigenvalue weighted by Crippen LogP contribution is 2.30. The molecule has 0 aromatic heterocycles.